The van der Waals surface area contributed by atoms with Crippen molar-refractivity contribution in [2.24, 2.45) is 0 Å². The molecule has 0 amide bonds. The fourth-order valence-electron chi connectivity index (χ4n) is 3.62. The van der Waals surface area contributed by atoms with E-state index in [1.807, 2.05) is 0 Å². The predicted octanol–water partition coefficient (Wildman–Crippen LogP) is 7.89. The molecule has 0 aliphatic rings. The third-order valence-corrected chi connectivity index (χ3v) is 5.35. The molecule has 0 saturated carbocycles. The monoisotopic (exact) mass is 456 g/mol. The molecule has 0 bridgehead atoms. The summed E-state index contributed by atoms with van der Waals surface area (Å²) in [6.07, 6.45) is 5.68. The number of hydrogen-bond donors (Lipinski definition) is 0. The highest BCUT2D eigenvalue weighted by Gasteiger charge is 2.25. The quantitative estimate of drug-likeness (QED) is 0.155. The number of halogens is 4. The minimum absolute atomic E-state index is 0.0275. The van der Waals surface area contributed by atoms with Crippen molar-refractivity contribution >= 4 is 10.8 Å². The van der Waals surface area contributed by atoms with E-state index in [2.05, 4.69) is 6.58 Å². The molecule has 1 aromatic heterocycles. The van der Waals surface area contributed by atoms with E-state index in [9.17, 15) is 22.4 Å². The lowest BCUT2D eigenvalue weighted by Crippen LogP contribution is -2.07. The molecule has 0 aliphatic heterocycles. The lowest BCUT2D eigenvalue weighted by Gasteiger charge is -2.08. The molecular weight excluding hydrogens is 424 g/mol. The van der Waals surface area contributed by atoms with Crippen LogP contribution in [0.15, 0.2) is 40.1 Å². The molecule has 2 rings (SSSR count). The molecule has 178 valence electrons. The van der Waals surface area contributed by atoms with Crippen LogP contribution in [0.3, 0.4) is 0 Å². The number of rotatable bonds is 15. The molecule has 0 unspecified atom stereocenters. The van der Waals surface area contributed by atoms with Gasteiger partial charge in [-0.2, -0.15) is 13.2 Å². The first-order chi connectivity index (χ1) is 15.3. The third kappa shape index (κ3) is 9.05. The fourth-order valence-corrected chi connectivity index (χ4v) is 3.62. The zero-order valence-corrected chi connectivity index (χ0v) is 18.4. The number of aryl methyl sites for hydroxylation is 1. The van der Waals surface area contributed by atoms with Crippen molar-refractivity contribution in [3.8, 4) is 5.75 Å². The summed E-state index contributed by atoms with van der Waals surface area (Å²) in [6.45, 7) is 3.87. The van der Waals surface area contributed by atoms with Crippen molar-refractivity contribution < 1.29 is 26.7 Å². The van der Waals surface area contributed by atoms with E-state index in [1.54, 1.807) is 18.2 Å². The van der Waals surface area contributed by atoms with Gasteiger partial charge in [0.2, 0.25) is 0 Å². The van der Waals surface area contributed by atoms with Gasteiger partial charge in [-0.25, -0.2) is 9.18 Å². The molecule has 0 radical (unpaired) electrons. The van der Waals surface area contributed by atoms with Crippen molar-refractivity contribution in [1.29, 1.82) is 0 Å². The molecule has 0 aliphatic carbocycles. The predicted molar refractivity (Wildman–Crippen MR) is 119 cm³/mol. The largest absolute Gasteiger partial charge is 0.490 e. The fraction of sp³-hybridized carbons (Fsp3) is 0.560. The Balaban J connectivity index is 1.70. The van der Waals surface area contributed by atoms with Gasteiger partial charge in [-0.15, -0.1) is 6.58 Å². The third-order valence-electron chi connectivity index (χ3n) is 5.35. The van der Waals surface area contributed by atoms with E-state index in [1.165, 1.54) is 6.07 Å². The summed E-state index contributed by atoms with van der Waals surface area (Å²) in [6, 6.07) is 4.89. The Bertz CT molecular complexity index is 902. The molecule has 0 atom stereocenters. The average molecular weight is 457 g/mol. The molecular formula is C25H32F4O3. The minimum atomic E-state index is -4.04. The smallest absolute Gasteiger partial charge is 0.389 e. The second kappa shape index (κ2) is 13.3. The van der Waals surface area contributed by atoms with Gasteiger partial charge in [-0.3, -0.25) is 0 Å². The molecule has 1 heterocycles. The Morgan fingerprint density at radius 2 is 1.59 bits per heavy atom. The zero-order valence-electron chi connectivity index (χ0n) is 18.4. The lowest BCUT2D eigenvalue weighted by molar-refractivity contribution is -0.135. The SMILES string of the molecule is C=CCCOc1ccc2cc(CCCCCCCCCCCC(F)(F)F)oc(=O)c2c1F. The maximum atomic E-state index is 14.6. The summed E-state index contributed by atoms with van der Waals surface area (Å²) in [5.74, 6) is -0.142. The van der Waals surface area contributed by atoms with Crippen molar-refractivity contribution in [2.75, 3.05) is 6.61 Å². The molecule has 0 N–H and O–H groups in total. The van der Waals surface area contributed by atoms with Gasteiger partial charge in [0.25, 0.3) is 0 Å². The maximum absolute atomic E-state index is 14.6. The van der Waals surface area contributed by atoms with E-state index < -0.39 is 24.0 Å². The zero-order chi connectivity index (χ0) is 23.4. The molecule has 0 saturated heterocycles. The van der Waals surface area contributed by atoms with Crippen molar-refractivity contribution in [3.63, 3.8) is 0 Å². The number of benzene rings is 1. The van der Waals surface area contributed by atoms with Crippen LogP contribution in [-0.4, -0.2) is 12.8 Å². The summed E-state index contributed by atoms with van der Waals surface area (Å²) in [7, 11) is 0. The van der Waals surface area contributed by atoms with E-state index in [0.29, 0.717) is 30.4 Å². The van der Waals surface area contributed by atoms with Gasteiger partial charge in [-0.05, 0) is 36.8 Å². The van der Waals surface area contributed by atoms with Crippen LogP contribution in [-0.2, 0) is 6.42 Å². The average Bonchev–Trinajstić information content (AvgIpc) is 2.72. The lowest BCUT2D eigenvalue weighted by atomic mass is 10.0. The first-order valence-corrected chi connectivity index (χ1v) is 11.4. The van der Waals surface area contributed by atoms with Gasteiger partial charge < -0.3 is 9.15 Å². The summed E-state index contributed by atoms with van der Waals surface area (Å²) in [5.41, 5.74) is -0.699. The van der Waals surface area contributed by atoms with Crippen LogP contribution in [0.25, 0.3) is 10.8 Å². The second-order valence-corrected chi connectivity index (χ2v) is 8.07. The topological polar surface area (TPSA) is 39.4 Å². The Hall–Kier alpha value is -2.31. The highest BCUT2D eigenvalue weighted by Crippen LogP contribution is 2.26. The number of alkyl halides is 3. The molecule has 32 heavy (non-hydrogen) atoms. The van der Waals surface area contributed by atoms with Crippen LogP contribution in [0.4, 0.5) is 17.6 Å². The van der Waals surface area contributed by atoms with Gasteiger partial charge in [0.15, 0.2) is 11.6 Å². The Labute approximate surface area is 186 Å². The summed E-state index contributed by atoms with van der Waals surface area (Å²) >= 11 is 0. The minimum Gasteiger partial charge on any atom is -0.490 e. The molecule has 2 aromatic rings. The van der Waals surface area contributed by atoms with Gasteiger partial charge in [0.05, 0.1) is 6.61 Å². The first-order valence-electron chi connectivity index (χ1n) is 11.4. The first kappa shape index (κ1) is 25.9. The van der Waals surface area contributed by atoms with Crippen LogP contribution in [0.5, 0.6) is 5.75 Å². The van der Waals surface area contributed by atoms with Gasteiger partial charge in [0, 0.05) is 12.8 Å². The van der Waals surface area contributed by atoms with E-state index in [-0.39, 0.29) is 24.2 Å². The highest BCUT2D eigenvalue weighted by molar-refractivity contribution is 5.83. The van der Waals surface area contributed by atoms with Crippen LogP contribution < -0.4 is 10.4 Å². The van der Waals surface area contributed by atoms with E-state index in [0.717, 1.165) is 44.9 Å². The number of unbranched alkanes of at least 4 members (excludes halogenated alkanes) is 8. The maximum Gasteiger partial charge on any atom is 0.389 e. The van der Waals surface area contributed by atoms with Crippen molar-refractivity contribution in [1.82, 2.24) is 0 Å². The highest BCUT2D eigenvalue weighted by atomic mass is 19.4. The van der Waals surface area contributed by atoms with Crippen LogP contribution in [0.1, 0.15) is 76.4 Å². The van der Waals surface area contributed by atoms with E-state index in [4.69, 9.17) is 9.15 Å². The number of ether oxygens (including phenoxy) is 1. The normalized spacial score (nSPS) is 11.8. The standard InChI is InChI=1S/C25H32F4O3/c1-2-3-17-31-21-15-14-19-18-20(32-24(30)22(19)23(21)26)13-11-9-7-5-4-6-8-10-12-16-25(27,28)29/h2,14-15,18H,1,3-13,16-17H2. The number of fused-ring (bicyclic) bond motifs is 1. The van der Waals surface area contributed by atoms with Gasteiger partial charge >= 0.3 is 11.8 Å². The van der Waals surface area contributed by atoms with Crippen LogP contribution in [0.2, 0.25) is 0 Å². The van der Waals surface area contributed by atoms with Crippen molar-refractivity contribution in [3.05, 3.63) is 52.9 Å². The van der Waals surface area contributed by atoms with Crippen LogP contribution in [0, 0.1) is 5.82 Å². The van der Waals surface area contributed by atoms with Gasteiger partial charge in [-0.1, -0.05) is 57.1 Å². The second-order valence-electron chi connectivity index (χ2n) is 8.07. The van der Waals surface area contributed by atoms with Crippen LogP contribution >= 0.6 is 0 Å². The van der Waals surface area contributed by atoms with Gasteiger partial charge in [0.1, 0.15) is 11.1 Å². The Morgan fingerprint density at radius 3 is 2.22 bits per heavy atom. The molecule has 0 spiro atoms. The van der Waals surface area contributed by atoms with E-state index >= 15 is 0 Å². The summed E-state index contributed by atoms with van der Waals surface area (Å²) in [4.78, 5) is 12.3. The summed E-state index contributed by atoms with van der Waals surface area (Å²) in [5, 5.41) is 0.399. The Morgan fingerprint density at radius 1 is 0.969 bits per heavy atom. The number of hydrogen-bond acceptors (Lipinski definition) is 3. The molecule has 3 nitrogen and oxygen atoms in total. The molecule has 1 aromatic carbocycles. The van der Waals surface area contributed by atoms with Crippen molar-refractivity contribution in [2.45, 2.75) is 83.2 Å². The molecule has 7 heteroatoms. The Kier molecular flexibility index (Phi) is 10.8. The summed E-state index contributed by atoms with van der Waals surface area (Å²) < 4.78 is 61.5. The molecule has 0 fully saturated rings.